The Labute approximate surface area is 163 Å². The predicted octanol–water partition coefficient (Wildman–Crippen LogP) is 5.51. The van der Waals surface area contributed by atoms with E-state index in [9.17, 15) is 23.3 Å². The third-order valence-electron chi connectivity index (χ3n) is 3.94. The molecule has 0 aliphatic carbocycles. The van der Waals surface area contributed by atoms with Gasteiger partial charge in [-0.3, -0.25) is 10.1 Å². The van der Waals surface area contributed by atoms with Crippen molar-refractivity contribution in [3.8, 4) is 0 Å². The minimum atomic E-state index is -4.54. The molecule has 0 atom stereocenters. The number of halogens is 3. The van der Waals surface area contributed by atoms with E-state index in [0.29, 0.717) is 5.69 Å². The Morgan fingerprint density at radius 2 is 1.52 bits per heavy atom. The van der Waals surface area contributed by atoms with Crippen molar-refractivity contribution in [1.29, 1.82) is 0 Å². The molecule has 150 valence electrons. The first-order chi connectivity index (χ1) is 13.6. The number of rotatable bonds is 5. The minimum Gasteiger partial charge on any atom is -0.334 e. The second kappa shape index (κ2) is 7.74. The largest absolute Gasteiger partial charge is 0.416 e. The number of benzene rings is 2. The molecule has 0 spiro atoms. The topological polar surface area (TPSA) is 93.0 Å². The molecule has 1 heterocycles. The van der Waals surface area contributed by atoms with Gasteiger partial charge in [0.1, 0.15) is 6.33 Å². The van der Waals surface area contributed by atoms with Crippen LogP contribution in [0.3, 0.4) is 0 Å². The summed E-state index contributed by atoms with van der Waals surface area (Å²) in [5.74, 6) is -0.305. The van der Waals surface area contributed by atoms with Gasteiger partial charge in [0.25, 0.3) is 0 Å². The number of nitrogens with zero attached hydrogens (tertiary/aromatic N) is 3. The highest BCUT2D eigenvalue weighted by molar-refractivity contribution is 5.77. The Morgan fingerprint density at radius 1 is 0.931 bits per heavy atom. The first-order valence-corrected chi connectivity index (χ1v) is 8.42. The van der Waals surface area contributed by atoms with Gasteiger partial charge in [-0.15, -0.1) is 0 Å². The summed E-state index contributed by atoms with van der Waals surface area (Å²) >= 11 is 0. The number of hydrogen-bond acceptors (Lipinski definition) is 6. The molecule has 10 heteroatoms. The van der Waals surface area contributed by atoms with Crippen molar-refractivity contribution in [2.24, 2.45) is 0 Å². The monoisotopic (exact) mass is 403 g/mol. The molecular weight excluding hydrogens is 387 g/mol. The van der Waals surface area contributed by atoms with Crippen molar-refractivity contribution >= 4 is 28.7 Å². The second-order valence-corrected chi connectivity index (χ2v) is 6.38. The average Bonchev–Trinajstić information content (AvgIpc) is 2.60. The molecule has 0 unspecified atom stereocenters. The van der Waals surface area contributed by atoms with Gasteiger partial charge >= 0.3 is 11.9 Å². The van der Waals surface area contributed by atoms with Crippen molar-refractivity contribution < 1.29 is 18.1 Å². The lowest BCUT2D eigenvalue weighted by molar-refractivity contribution is -0.383. The number of aryl methyl sites for hydroxylation is 2. The maximum absolute atomic E-state index is 12.9. The number of nitro groups is 1. The molecule has 0 amide bonds. The van der Waals surface area contributed by atoms with Gasteiger partial charge in [0.15, 0.2) is 0 Å². The zero-order valence-electron chi connectivity index (χ0n) is 15.4. The minimum absolute atomic E-state index is 0.0129. The van der Waals surface area contributed by atoms with Crippen LogP contribution in [0.15, 0.2) is 48.8 Å². The van der Waals surface area contributed by atoms with Gasteiger partial charge in [-0.25, -0.2) is 9.97 Å². The Bertz CT molecular complexity index is 1050. The van der Waals surface area contributed by atoms with Gasteiger partial charge in [-0.2, -0.15) is 13.2 Å². The van der Waals surface area contributed by atoms with E-state index in [-0.39, 0.29) is 17.3 Å². The molecule has 0 saturated heterocycles. The standard InChI is InChI=1S/C19H16F3N5O2/c1-11-6-12(2)8-15(7-11)26-18-16(27(28)29)17(23-10-24-18)25-14-5-3-4-13(9-14)19(20,21)22/h3-10H,1-2H3,(H2,23,24,25,26). The van der Waals surface area contributed by atoms with Crippen LogP contribution >= 0.6 is 0 Å². The van der Waals surface area contributed by atoms with Crippen LogP contribution in [-0.2, 0) is 6.18 Å². The number of anilines is 4. The van der Waals surface area contributed by atoms with Gasteiger partial charge in [0, 0.05) is 11.4 Å². The molecule has 1 aromatic heterocycles. The molecule has 7 nitrogen and oxygen atoms in total. The van der Waals surface area contributed by atoms with Gasteiger partial charge in [0.05, 0.1) is 10.5 Å². The van der Waals surface area contributed by atoms with Gasteiger partial charge < -0.3 is 10.6 Å². The molecule has 0 radical (unpaired) electrons. The zero-order valence-corrected chi connectivity index (χ0v) is 15.4. The van der Waals surface area contributed by atoms with E-state index in [1.54, 1.807) is 12.1 Å². The fourth-order valence-corrected chi connectivity index (χ4v) is 2.83. The molecule has 3 aromatic rings. The zero-order chi connectivity index (χ0) is 21.2. The maximum atomic E-state index is 12.9. The summed E-state index contributed by atoms with van der Waals surface area (Å²) in [7, 11) is 0. The van der Waals surface area contributed by atoms with E-state index in [0.717, 1.165) is 29.6 Å². The Morgan fingerprint density at radius 3 is 2.07 bits per heavy atom. The summed E-state index contributed by atoms with van der Waals surface area (Å²) in [6.45, 7) is 3.76. The average molecular weight is 403 g/mol. The van der Waals surface area contributed by atoms with Crippen LogP contribution in [0.5, 0.6) is 0 Å². The van der Waals surface area contributed by atoms with E-state index < -0.39 is 22.4 Å². The van der Waals surface area contributed by atoms with E-state index in [2.05, 4.69) is 20.6 Å². The summed E-state index contributed by atoms with van der Waals surface area (Å²) in [5.41, 5.74) is 1.14. The molecule has 0 aliphatic rings. The lowest BCUT2D eigenvalue weighted by Gasteiger charge is -2.12. The lowest BCUT2D eigenvalue weighted by Crippen LogP contribution is -2.07. The van der Waals surface area contributed by atoms with Crippen molar-refractivity contribution in [3.05, 3.63) is 75.6 Å². The van der Waals surface area contributed by atoms with E-state index >= 15 is 0 Å². The summed E-state index contributed by atoms with van der Waals surface area (Å²) in [4.78, 5) is 18.7. The SMILES string of the molecule is Cc1cc(C)cc(Nc2ncnc(Nc3cccc(C(F)(F)F)c3)c2[N+](=O)[O-])c1. The number of alkyl halides is 3. The highest BCUT2D eigenvalue weighted by Crippen LogP contribution is 2.35. The van der Waals surface area contributed by atoms with Crippen LogP contribution in [0, 0.1) is 24.0 Å². The maximum Gasteiger partial charge on any atom is 0.416 e. The first kappa shape index (κ1) is 20.1. The van der Waals surface area contributed by atoms with Crippen LogP contribution in [0.2, 0.25) is 0 Å². The third-order valence-corrected chi connectivity index (χ3v) is 3.94. The van der Waals surface area contributed by atoms with Crippen LogP contribution < -0.4 is 10.6 Å². The second-order valence-electron chi connectivity index (χ2n) is 6.38. The van der Waals surface area contributed by atoms with E-state index in [1.165, 1.54) is 12.1 Å². The van der Waals surface area contributed by atoms with Crippen molar-refractivity contribution in [1.82, 2.24) is 9.97 Å². The molecule has 2 aromatic carbocycles. The molecule has 3 rings (SSSR count). The summed E-state index contributed by atoms with van der Waals surface area (Å²) < 4.78 is 38.7. The number of nitrogens with one attached hydrogen (secondary N) is 2. The molecule has 0 bridgehead atoms. The van der Waals surface area contributed by atoms with Crippen molar-refractivity contribution in [2.75, 3.05) is 10.6 Å². The van der Waals surface area contributed by atoms with Gasteiger partial charge in [0.2, 0.25) is 11.6 Å². The smallest absolute Gasteiger partial charge is 0.334 e. The van der Waals surface area contributed by atoms with Crippen molar-refractivity contribution in [3.63, 3.8) is 0 Å². The van der Waals surface area contributed by atoms with E-state index in [1.807, 2.05) is 19.9 Å². The molecular formula is C19H16F3N5O2. The fourth-order valence-electron chi connectivity index (χ4n) is 2.83. The van der Waals surface area contributed by atoms with E-state index in [4.69, 9.17) is 0 Å². The number of aromatic nitrogens is 2. The molecule has 0 fully saturated rings. The lowest BCUT2D eigenvalue weighted by atomic mass is 10.1. The van der Waals surface area contributed by atoms with Gasteiger partial charge in [-0.1, -0.05) is 12.1 Å². The van der Waals surface area contributed by atoms with Crippen LogP contribution in [-0.4, -0.2) is 14.9 Å². The van der Waals surface area contributed by atoms with Gasteiger partial charge in [-0.05, 0) is 55.3 Å². The first-order valence-electron chi connectivity index (χ1n) is 8.42. The summed E-state index contributed by atoms with van der Waals surface area (Å²) in [6, 6.07) is 9.85. The highest BCUT2D eigenvalue weighted by atomic mass is 19.4. The van der Waals surface area contributed by atoms with Crippen LogP contribution in [0.1, 0.15) is 16.7 Å². The van der Waals surface area contributed by atoms with Crippen LogP contribution in [0.25, 0.3) is 0 Å². The molecule has 2 N–H and O–H groups in total. The Kier molecular flexibility index (Phi) is 5.35. The van der Waals surface area contributed by atoms with Crippen LogP contribution in [0.4, 0.5) is 41.9 Å². The normalized spacial score (nSPS) is 11.2. The number of hydrogen-bond donors (Lipinski definition) is 2. The Balaban J connectivity index is 1.98. The molecule has 29 heavy (non-hydrogen) atoms. The highest BCUT2D eigenvalue weighted by Gasteiger charge is 2.31. The quantitative estimate of drug-likeness (QED) is 0.431. The summed E-state index contributed by atoms with van der Waals surface area (Å²) in [5, 5.41) is 17.1. The third kappa shape index (κ3) is 4.78. The molecule has 0 aliphatic heterocycles. The fraction of sp³-hybridized carbons (Fsp3) is 0.158. The summed E-state index contributed by atoms with van der Waals surface area (Å²) in [6.07, 6.45) is -3.45. The Hall–Kier alpha value is -3.69. The van der Waals surface area contributed by atoms with Crippen molar-refractivity contribution in [2.45, 2.75) is 20.0 Å². The predicted molar refractivity (Wildman–Crippen MR) is 103 cm³/mol. The molecule has 0 saturated carbocycles.